The Bertz CT molecular complexity index is 657. The Morgan fingerprint density at radius 1 is 1.25 bits per heavy atom. The minimum Gasteiger partial charge on any atom is -0.396 e. The highest BCUT2D eigenvalue weighted by Gasteiger charge is 2.25. The zero-order valence-corrected chi connectivity index (χ0v) is 13.7. The summed E-state index contributed by atoms with van der Waals surface area (Å²) in [5.41, 5.74) is 1.95. The molecule has 3 rings (SSSR count). The zero-order chi connectivity index (χ0) is 16.8. The van der Waals surface area contributed by atoms with Crippen LogP contribution in [0.4, 0.5) is 4.79 Å². The van der Waals surface area contributed by atoms with Crippen LogP contribution in [0.2, 0.25) is 0 Å². The van der Waals surface area contributed by atoms with E-state index in [9.17, 15) is 9.90 Å². The number of aliphatic hydroxyl groups is 1. The van der Waals surface area contributed by atoms with Crippen molar-refractivity contribution >= 4 is 6.03 Å². The van der Waals surface area contributed by atoms with E-state index in [0.717, 1.165) is 36.9 Å². The highest BCUT2D eigenvalue weighted by molar-refractivity contribution is 5.74. The van der Waals surface area contributed by atoms with E-state index in [0.29, 0.717) is 6.54 Å². The summed E-state index contributed by atoms with van der Waals surface area (Å²) in [5.74, 6) is 0.167. The Balaban J connectivity index is 1.59. The van der Waals surface area contributed by atoms with Crippen molar-refractivity contribution in [1.29, 1.82) is 0 Å². The number of rotatable bonds is 5. The lowest BCUT2D eigenvalue weighted by molar-refractivity contribution is 0.153. The fourth-order valence-corrected chi connectivity index (χ4v) is 3.31. The van der Waals surface area contributed by atoms with Gasteiger partial charge in [0, 0.05) is 37.5 Å². The molecular weight excluding hydrogens is 304 g/mol. The van der Waals surface area contributed by atoms with Gasteiger partial charge in [0.2, 0.25) is 0 Å². The summed E-state index contributed by atoms with van der Waals surface area (Å²) in [6.45, 7) is 0.561. The second kappa shape index (κ2) is 7.97. The quantitative estimate of drug-likeness (QED) is 0.787. The van der Waals surface area contributed by atoms with E-state index in [2.05, 4.69) is 15.7 Å². The molecule has 0 bridgehead atoms. The maximum Gasteiger partial charge on any atom is 0.315 e. The van der Waals surface area contributed by atoms with Gasteiger partial charge in [-0.15, -0.1) is 0 Å². The van der Waals surface area contributed by atoms with Crippen LogP contribution in [0.15, 0.2) is 42.7 Å². The molecule has 2 atom stereocenters. The summed E-state index contributed by atoms with van der Waals surface area (Å²) < 4.78 is 1.79. The van der Waals surface area contributed by atoms with Crippen LogP contribution in [-0.4, -0.2) is 33.6 Å². The number of aromatic nitrogens is 2. The van der Waals surface area contributed by atoms with Gasteiger partial charge in [0.15, 0.2) is 0 Å². The molecule has 24 heavy (non-hydrogen) atoms. The molecule has 1 fully saturated rings. The third kappa shape index (κ3) is 3.94. The van der Waals surface area contributed by atoms with Crippen LogP contribution < -0.4 is 10.6 Å². The molecule has 2 amide bonds. The van der Waals surface area contributed by atoms with Gasteiger partial charge in [-0.2, -0.15) is 5.10 Å². The largest absolute Gasteiger partial charge is 0.396 e. The number of para-hydroxylation sites is 1. The van der Waals surface area contributed by atoms with E-state index in [1.54, 1.807) is 10.9 Å². The second-order valence-electron chi connectivity index (χ2n) is 6.24. The van der Waals surface area contributed by atoms with E-state index in [-0.39, 0.29) is 24.6 Å². The minimum atomic E-state index is -0.185. The van der Waals surface area contributed by atoms with E-state index in [1.807, 2.05) is 36.5 Å². The summed E-state index contributed by atoms with van der Waals surface area (Å²) in [6, 6.07) is 9.61. The first-order valence-electron chi connectivity index (χ1n) is 8.51. The number of hydrogen-bond donors (Lipinski definition) is 3. The van der Waals surface area contributed by atoms with Crippen molar-refractivity contribution in [2.75, 3.05) is 6.61 Å². The third-order valence-corrected chi connectivity index (χ3v) is 4.64. The summed E-state index contributed by atoms with van der Waals surface area (Å²) in [6.07, 6.45) is 7.75. The molecule has 1 saturated carbocycles. The van der Waals surface area contributed by atoms with Gasteiger partial charge in [-0.25, -0.2) is 9.48 Å². The predicted molar refractivity (Wildman–Crippen MR) is 91.8 cm³/mol. The number of aliphatic hydroxyl groups excluding tert-OH is 1. The highest BCUT2D eigenvalue weighted by Crippen LogP contribution is 2.23. The molecule has 1 aromatic heterocycles. The Kier molecular flexibility index (Phi) is 5.48. The number of urea groups is 1. The smallest absolute Gasteiger partial charge is 0.315 e. The first-order valence-corrected chi connectivity index (χ1v) is 8.51. The van der Waals surface area contributed by atoms with E-state index in [1.165, 1.54) is 0 Å². The summed E-state index contributed by atoms with van der Waals surface area (Å²) in [7, 11) is 0. The van der Waals surface area contributed by atoms with Crippen LogP contribution in [0.3, 0.4) is 0 Å². The predicted octanol–water partition coefficient (Wildman–Crippen LogP) is 2.22. The van der Waals surface area contributed by atoms with Gasteiger partial charge in [-0.1, -0.05) is 31.0 Å². The number of nitrogens with zero attached hydrogens (tertiary/aromatic N) is 2. The molecule has 1 heterocycles. The topological polar surface area (TPSA) is 79.2 Å². The molecule has 2 unspecified atom stereocenters. The summed E-state index contributed by atoms with van der Waals surface area (Å²) in [5, 5.41) is 19.6. The fraction of sp³-hybridized carbons (Fsp3) is 0.444. The number of carbonyl (C=O) groups is 1. The lowest BCUT2D eigenvalue weighted by Gasteiger charge is -2.30. The van der Waals surface area contributed by atoms with Crippen molar-refractivity contribution in [1.82, 2.24) is 20.4 Å². The molecule has 0 saturated heterocycles. The van der Waals surface area contributed by atoms with Crippen LogP contribution in [0.25, 0.3) is 5.69 Å². The summed E-state index contributed by atoms with van der Waals surface area (Å²) in [4.78, 5) is 12.2. The SMILES string of the molecule is O=C(NCc1ccccc1-n1cccn1)NC1CCCCC1CO. The number of benzene rings is 1. The molecule has 128 valence electrons. The molecule has 2 aromatic rings. The maximum absolute atomic E-state index is 12.2. The Morgan fingerprint density at radius 2 is 2.08 bits per heavy atom. The summed E-state index contributed by atoms with van der Waals surface area (Å²) >= 11 is 0. The first-order chi connectivity index (χ1) is 11.8. The zero-order valence-electron chi connectivity index (χ0n) is 13.7. The van der Waals surface area contributed by atoms with Gasteiger partial charge in [0.05, 0.1) is 5.69 Å². The third-order valence-electron chi connectivity index (χ3n) is 4.64. The van der Waals surface area contributed by atoms with Crippen molar-refractivity contribution < 1.29 is 9.90 Å². The average Bonchev–Trinajstić information content (AvgIpc) is 3.15. The molecule has 6 heteroatoms. The Morgan fingerprint density at radius 3 is 2.88 bits per heavy atom. The van der Waals surface area contributed by atoms with Crippen LogP contribution in [-0.2, 0) is 6.54 Å². The molecule has 1 aliphatic carbocycles. The van der Waals surface area contributed by atoms with Crippen LogP contribution in [0.1, 0.15) is 31.2 Å². The van der Waals surface area contributed by atoms with Crippen molar-refractivity contribution in [3.63, 3.8) is 0 Å². The van der Waals surface area contributed by atoms with Crippen molar-refractivity contribution in [3.05, 3.63) is 48.3 Å². The lowest BCUT2D eigenvalue weighted by atomic mass is 9.85. The number of hydrogen-bond acceptors (Lipinski definition) is 3. The van der Waals surface area contributed by atoms with Crippen molar-refractivity contribution in [3.8, 4) is 5.69 Å². The fourth-order valence-electron chi connectivity index (χ4n) is 3.31. The molecule has 1 aliphatic rings. The van der Waals surface area contributed by atoms with Crippen molar-refractivity contribution in [2.45, 2.75) is 38.3 Å². The monoisotopic (exact) mass is 328 g/mol. The Labute approximate surface area is 141 Å². The van der Waals surface area contributed by atoms with Gasteiger partial charge in [0.1, 0.15) is 0 Å². The molecule has 6 nitrogen and oxygen atoms in total. The van der Waals surface area contributed by atoms with Gasteiger partial charge in [0.25, 0.3) is 0 Å². The normalized spacial score (nSPS) is 20.5. The Hall–Kier alpha value is -2.34. The molecule has 3 N–H and O–H groups in total. The second-order valence-corrected chi connectivity index (χ2v) is 6.24. The molecule has 0 radical (unpaired) electrons. The minimum absolute atomic E-state index is 0.0603. The van der Waals surface area contributed by atoms with Crippen molar-refractivity contribution in [2.24, 2.45) is 5.92 Å². The number of amides is 2. The number of carbonyl (C=O) groups excluding carboxylic acids is 1. The van der Waals surface area contributed by atoms with Gasteiger partial charge < -0.3 is 15.7 Å². The molecule has 1 aromatic carbocycles. The van der Waals surface area contributed by atoms with Crippen LogP contribution >= 0.6 is 0 Å². The first kappa shape index (κ1) is 16.5. The average molecular weight is 328 g/mol. The van der Waals surface area contributed by atoms with Gasteiger partial charge in [-0.3, -0.25) is 0 Å². The van der Waals surface area contributed by atoms with E-state index in [4.69, 9.17) is 0 Å². The van der Waals surface area contributed by atoms with Crippen LogP contribution in [0.5, 0.6) is 0 Å². The molecule has 0 aliphatic heterocycles. The lowest BCUT2D eigenvalue weighted by Crippen LogP contribution is -2.47. The van der Waals surface area contributed by atoms with E-state index < -0.39 is 0 Å². The van der Waals surface area contributed by atoms with Gasteiger partial charge in [-0.05, 0) is 30.5 Å². The molecular formula is C18H24N4O2. The highest BCUT2D eigenvalue weighted by atomic mass is 16.3. The maximum atomic E-state index is 12.2. The molecule has 0 spiro atoms. The van der Waals surface area contributed by atoms with Crippen LogP contribution in [0, 0.1) is 5.92 Å². The van der Waals surface area contributed by atoms with Gasteiger partial charge >= 0.3 is 6.03 Å². The standard InChI is InChI=1S/C18H24N4O2/c23-13-15-7-1-3-8-16(15)21-18(24)19-12-14-6-2-4-9-17(14)22-11-5-10-20-22/h2,4-6,9-11,15-16,23H,1,3,7-8,12-13H2,(H2,19,21,24). The number of nitrogens with one attached hydrogen (secondary N) is 2. The van der Waals surface area contributed by atoms with E-state index >= 15 is 0 Å².